The number of hydrogen-bond donors (Lipinski definition) is 2. The van der Waals surface area contributed by atoms with E-state index in [1.807, 2.05) is 24.3 Å². The van der Waals surface area contributed by atoms with E-state index in [1.165, 1.54) is 6.92 Å². The number of amides is 1. The van der Waals surface area contributed by atoms with Crippen LogP contribution < -0.4 is 5.32 Å². The minimum Gasteiger partial charge on any atom is -0.396 e. The number of aliphatic hydroxyl groups excluding tert-OH is 1. The van der Waals surface area contributed by atoms with Crippen LogP contribution in [0.4, 0.5) is 5.69 Å². The molecule has 0 bridgehead atoms. The molecular weight excluding hydrogens is 352 g/mol. The van der Waals surface area contributed by atoms with Gasteiger partial charge in [0.05, 0.1) is 16.9 Å². The number of benzene rings is 1. The number of nitrogens with one attached hydrogen (secondary N) is 1. The van der Waals surface area contributed by atoms with Crippen LogP contribution >= 0.6 is 0 Å². The lowest BCUT2D eigenvalue weighted by Gasteiger charge is -2.42. The molecule has 0 radical (unpaired) electrons. The van der Waals surface area contributed by atoms with Crippen LogP contribution in [0.25, 0.3) is 10.9 Å². The van der Waals surface area contributed by atoms with E-state index >= 15 is 0 Å². The van der Waals surface area contributed by atoms with Crippen LogP contribution in [0.5, 0.6) is 0 Å². The Hall–Kier alpha value is -2.02. The molecule has 0 aliphatic carbocycles. The number of hydrogen-bond acceptors (Lipinski definition) is 5. The summed E-state index contributed by atoms with van der Waals surface area (Å²) in [6, 6.07) is 10.3. The Labute approximate surface area is 167 Å². The van der Waals surface area contributed by atoms with Gasteiger partial charge >= 0.3 is 0 Å². The molecule has 2 N–H and O–H groups in total. The van der Waals surface area contributed by atoms with Gasteiger partial charge in [0.25, 0.3) is 0 Å². The third kappa shape index (κ3) is 5.28. The lowest BCUT2D eigenvalue weighted by Crippen LogP contribution is -2.53. The molecule has 1 saturated heterocycles. The second-order valence-electron chi connectivity index (χ2n) is 8.15. The third-order valence-electron chi connectivity index (χ3n) is 5.24. The van der Waals surface area contributed by atoms with Crippen molar-refractivity contribution in [2.24, 2.45) is 5.92 Å². The summed E-state index contributed by atoms with van der Waals surface area (Å²) < 4.78 is 0. The maximum Gasteiger partial charge on any atom is 0.221 e. The van der Waals surface area contributed by atoms with E-state index < -0.39 is 0 Å². The van der Waals surface area contributed by atoms with E-state index in [2.05, 4.69) is 35.0 Å². The Morgan fingerprint density at radius 3 is 2.82 bits per heavy atom. The van der Waals surface area contributed by atoms with Crippen LogP contribution in [-0.2, 0) is 11.3 Å². The predicted molar refractivity (Wildman–Crippen MR) is 113 cm³/mol. The summed E-state index contributed by atoms with van der Waals surface area (Å²) >= 11 is 0. The van der Waals surface area contributed by atoms with Gasteiger partial charge in [-0.1, -0.05) is 19.9 Å². The molecule has 152 valence electrons. The van der Waals surface area contributed by atoms with Gasteiger partial charge in [-0.25, -0.2) is 0 Å². The molecule has 1 aromatic carbocycles. The number of nitrogens with zero attached hydrogens (tertiary/aromatic N) is 3. The fraction of sp³-hybridized carbons (Fsp3) is 0.545. The molecule has 6 nitrogen and oxygen atoms in total. The van der Waals surface area contributed by atoms with Gasteiger partial charge in [0.15, 0.2) is 0 Å². The van der Waals surface area contributed by atoms with E-state index in [0.717, 1.165) is 61.4 Å². The summed E-state index contributed by atoms with van der Waals surface area (Å²) in [6.45, 7) is 11.1. The van der Waals surface area contributed by atoms with Crippen molar-refractivity contribution >= 4 is 22.5 Å². The zero-order valence-electron chi connectivity index (χ0n) is 17.2. The molecule has 0 saturated carbocycles. The van der Waals surface area contributed by atoms with Crippen LogP contribution in [0.2, 0.25) is 0 Å². The van der Waals surface area contributed by atoms with Crippen molar-refractivity contribution in [1.82, 2.24) is 14.8 Å². The summed E-state index contributed by atoms with van der Waals surface area (Å²) in [7, 11) is 0. The number of aliphatic hydroxyl groups is 1. The third-order valence-corrected chi connectivity index (χ3v) is 5.24. The highest BCUT2D eigenvalue weighted by Gasteiger charge is 2.27. The SMILES string of the molecule is CC(=O)Nc1cccc2nc(CN3CCN(CC(C)C)C(CCO)C3)ccc12. The molecule has 1 amide bonds. The quantitative estimate of drug-likeness (QED) is 0.768. The van der Waals surface area contributed by atoms with Crippen LogP contribution in [0.15, 0.2) is 30.3 Å². The first-order chi connectivity index (χ1) is 13.5. The van der Waals surface area contributed by atoms with E-state index in [1.54, 1.807) is 0 Å². The molecular formula is C22H32N4O2. The summed E-state index contributed by atoms with van der Waals surface area (Å²) in [4.78, 5) is 21.2. The molecule has 6 heteroatoms. The topological polar surface area (TPSA) is 68.7 Å². The standard InChI is InChI=1S/C22H32N4O2/c1-16(2)13-26-11-10-25(15-19(26)9-12-27)14-18-7-8-20-21(23-17(3)28)5-4-6-22(20)24-18/h4-8,16,19,27H,9-15H2,1-3H3,(H,23,28). The van der Waals surface area contributed by atoms with Gasteiger partial charge in [0, 0.05) is 57.7 Å². The number of piperazine rings is 1. The van der Waals surface area contributed by atoms with Crippen LogP contribution in [0.1, 0.15) is 32.9 Å². The van der Waals surface area contributed by atoms with Crippen molar-refractivity contribution in [3.63, 3.8) is 0 Å². The zero-order valence-corrected chi connectivity index (χ0v) is 17.2. The zero-order chi connectivity index (χ0) is 20.1. The Bertz CT molecular complexity index is 808. The number of carbonyl (C=O) groups excluding carboxylic acids is 1. The molecule has 1 unspecified atom stereocenters. The van der Waals surface area contributed by atoms with E-state index in [-0.39, 0.29) is 12.5 Å². The number of anilines is 1. The van der Waals surface area contributed by atoms with E-state index in [9.17, 15) is 9.90 Å². The van der Waals surface area contributed by atoms with Gasteiger partial charge in [-0.15, -0.1) is 0 Å². The second kappa shape index (κ2) is 9.45. The summed E-state index contributed by atoms with van der Waals surface area (Å²) in [5.74, 6) is 0.554. The Morgan fingerprint density at radius 2 is 2.11 bits per heavy atom. The molecule has 28 heavy (non-hydrogen) atoms. The number of rotatable bonds is 7. The van der Waals surface area contributed by atoms with Crippen molar-refractivity contribution in [3.8, 4) is 0 Å². The maximum absolute atomic E-state index is 11.4. The molecule has 1 aliphatic heterocycles. The largest absolute Gasteiger partial charge is 0.396 e. The van der Waals surface area contributed by atoms with Crippen LogP contribution in [0.3, 0.4) is 0 Å². The minimum atomic E-state index is -0.0780. The Balaban J connectivity index is 1.71. The lowest BCUT2D eigenvalue weighted by atomic mass is 10.1. The monoisotopic (exact) mass is 384 g/mol. The lowest BCUT2D eigenvalue weighted by molar-refractivity contribution is -0.114. The van der Waals surface area contributed by atoms with Crippen molar-refractivity contribution in [3.05, 3.63) is 36.0 Å². The molecule has 1 aromatic heterocycles. The average Bonchev–Trinajstić information content (AvgIpc) is 2.63. The number of pyridine rings is 1. The van der Waals surface area contributed by atoms with Gasteiger partial charge < -0.3 is 10.4 Å². The van der Waals surface area contributed by atoms with Gasteiger partial charge in [0.1, 0.15) is 0 Å². The van der Waals surface area contributed by atoms with Crippen molar-refractivity contribution in [2.45, 2.75) is 39.8 Å². The molecule has 3 rings (SSSR count). The van der Waals surface area contributed by atoms with Crippen LogP contribution in [0, 0.1) is 5.92 Å². The van der Waals surface area contributed by atoms with Gasteiger partial charge in [0.2, 0.25) is 5.91 Å². The van der Waals surface area contributed by atoms with Crippen LogP contribution in [-0.4, -0.2) is 64.6 Å². The highest BCUT2D eigenvalue weighted by atomic mass is 16.3. The first-order valence-electron chi connectivity index (χ1n) is 10.2. The number of aromatic nitrogens is 1. The Kier molecular flexibility index (Phi) is 6.99. The molecule has 1 fully saturated rings. The highest BCUT2D eigenvalue weighted by molar-refractivity contribution is 6.00. The van der Waals surface area contributed by atoms with Gasteiger partial charge in [-0.2, -0.15) is 0 Å². The smallest absolute Gasteiger partial charge is 0.221 e. The molecule has 0 spiro atoms. The van der Waals surface area contributed by atoms with Crippen molar-refractivity contribution < 1.29 is 9.90 Å². The average molecular weight is 385 g/mol. The fourth-order valence-electron chi connectivity index (χ4n) is 4.05. The first kappa shape index (κ1) is 20.7. The second-order valence-corrected chi connectivity index (χ2v) is 8.15. The highest BCUT2D eigenvalue weighted by Crippen LogP contribution is 2.23. The normalized spacial score (nSPS) is 18.7. The minimum absolute atomic E-state index is 0.0780. The number of carbonyl (C=O) groups is 1. The van der Waals surface area contributed by atoms with Gasteiger partial charge in [-0.05, 0) is 36.6 Å². The van der Waals surface area contributed by atoms with E-state index in [4.69, 9.17) is 4.98 Å². The fourth-order valence-corrected chi connectivity index (χ4v) is 4.05. The summed E-state index contributed by atoms with van der Waals surface area (Å²) in [5, 5.41) is 13.3. The van der Waals surface area contributed by atoms with Gasteiger partial charge in [-0.3, -0.25) is 19.6 Å². The summed E-state index contributed by atoms with van der Waals surface area (Å²) in [6.07, 6.45) is 0.814. The predicted octanol–water partition coefficient (Wildman–Crippen LogP) is 2.72. The summed E-state index contributed by atoms with van der Waals surface area (Å²) in [5.41, 5.74) is 2.73. The first-order valence-corrected chi connectivity index (χ1v) is 10.2. The molecule has 1 atom stereocenters. The maximum atomic E-state index is 11.4. The van der Waals surface area contributed by atoms with E-state index in [0.29, 0.717) is 12.0 Å². The number of fused-ring (bicyclic) bond motifs is 1. The Morgan fingerprint density at radius 1 is 1.29 bits per heavy atom. The molecule has 1 aliphatic rings. The molecule has 2 heterocycles. The van der Waals surface area contributed by atoms with Crippen molar-refractivity contribution in [1.29, 1.82) is 0 Å². The van der Waals surface area contributed by atoms with Crippen molar-refractivity contribution in [2.75, 3.05) is 38.1 Å². The molecule has 2 aromatic rings.